The minimum atomic E-state index is 0.758. The monoisotopic (exact) mass is 140 g/mol. The van der Waals surface area contributed by atoms with Gasteiger partial charge in [0.2, 0.25) is 0 Å². The van der Waals surface area contributed by atoms with Gasteiger partial charge in [-0.3, -0.25) is 0 Å². The third-order valence-electron chi connectivity index (χ3n) is 2.05. The molecule has 10 heavy (non-hydrogen) atoms. The Morgan fingerprint density at radius 2 is 2.50 bits per heavy atom. The Morgan fingerprint density at radius 3 is 3.10 bits per heavy atom. The van der Waals surface area contributed by atoms with Crippen LogP contribution in [0.1, 0.15) is 13.3 Å². The molecule has 58 valence electrons. The zero-order chi connectivity index (χ0) is 7.40. The van der Waals surface area contributed by atoms with Gasteiger partial charge in [-0.1, -0.05) is 6.92 Å². The van der Waals surface area contributed by atoms with Gasteiger partial charge in [0.05, 0.1) is 0 Å². The molecule has 0 radical (unpaired) electrons. The van der Waals surface area contributed by atoms with Gasteiger partial charge >= 0.3 is 0 Å². The summed E-state index contributed by atoms with van der Waals surface area (Å²) in [6.45, 7) is 4.51. The molecule has 0 bridgehead atoms. The van der Waals surface area contributed by atoms with Gasteiger partial charge in [0.25, 0.3) is 0 Å². The second kappa shape index (κ2) is 3.62. The predicted octanol–water partition coefficient (Wildman–Crippen LogP) is 0.719. The van der Waals surface area contributed by atoms with Crippen LogP contribution < -0.4 is 10.6 Å². The summed E-state index contributed by atoms with van der Waals surface area (Å²) in [5, 5.41) is 6.41. The van der Waals surface area contributed by atoms with Crippen LogP contribution in [0, 0.1) is 5.92 Å². The molecular formula is C8H16N2. The van der Waals surface area contributed by atoms with Crippen LogP contribution in [0.15, 0.2) is 11.8 Å². The summed E-state index contributed by atoms with van der Waals surface area (Å²) in [6, 6.07) is 0. The van der Waals surface area contributed by atoms with Crippen molar-refractivity contribution in [1.82, 2.24) is 10.6 Å². The fraction of sp³-hybridized carbons (Fsp3) is 0.750. The molecule has 2 N–H and O–H groups in total. The van der Waals surface area contributed by atoms with Crippen LogP contribution in [-0.4, -0.2) is 20.1 Å². The van der Waals surface area contributed by atoms with Crippen LogP contribution in [0.25, 0.3) is 0 Å². The average Bonchev–Trinajstić information content (AvgIpc) is 1.94. The molecule has 0 spiro atoms. The highest BCUT2D eigenvalue weighted by molar-refractivity contribution is 5.08. The van der Waals surface area contributed by atoms with Gasteiger partial charge in [-0.15, -0.1) is 0 Å². The van der Waals surface area contributed by atoms with E-state index < -0.39 is 0 Å². The molecule has 1 aliphatic rings. The molecule has 2 heteroatoms. The molecule has 0 amide bonds. The quantitative estimate of drug-likeness (QED) is 0.561. The van der Waals surface area contributed by atoms with E-state index in [4.69, 9.17) is 0 Å². The van der Waals surface area contributed by atoms with Crippen LogP contribution in [-0.2, 0) is 0 Å². The van der Waals surface area contributed by atoms with Crippen molar-refractivity contribution in [3.8, 4) is 0 Å². The van der Waals surface area contributed by atoms with Crippen molar-refractivity contribution in [3.05, 3.63) is 11.8 Å². The number of hydrogen-bond donors (Lipinski definition) is 2. The second-order valence-corrected chi connectivity index (χ2v) is 2.87. The van der Waals surface area contributed by atoms with Gasteiger partial charge in [-0.2, -0.15) is 0 Å². The maximum Gasteiger partial charge on any atom is 0.0184 e. The molecule has 1 atom stereocenters. The average molecular weight is 140 g/mol. The molecule has 0 aliphatic carbocycles. The smallest absolute Gasteiger partial charge is 0.0184 e. The Bertz CT molecular complexity index is 129. The molecule has 0 saturated carbocycles. The first kappa shape index (κ1) is 7.61. The molecule has 0 aromatic heterocycles. The Labute approximate surface area is 62.7 Å². The molecule has 1 aliphatic heterocycles. The third kappa shape index (κ3) is 1.74. The largest absolute Gasteiger partial charge is 0.394 e. The van der Waals surface area contributed by atoms with E-state index in [0.717, 1.165) is 12.5 Å². The molecule has 1 saturated heterocycles. The lowest BCUT2D eigenvalue weighted by molar-refractivity contribution is 0.495. The standard InChI is InChI=1S/C8H16N2/c1-7-3-4-10-6-8(7)5-9-2/h5,7,9-10H,3-4,6H2,1-2H3/b8-5-. The number of piperidine rings is 1. The number of hydrogen-bond acceptors (Lipinski definition) is 2. The van der Waals surface area contributed by atoms with Crippen LogP contribution in [0.5, 0.6) is 0 Å². The SMILES string of the molecule is CN/C=C1/CNCCC1C. The first-order chi connectivity index (χ1) is 4.84. The molecule has 1 rings (SSSR count). The van der Waals surface area contributed by atoms with Crippen molar-refractivity contribution in [2.45, 2.75) is 13.3 Å². The number of rotatable bonds is 1. The summed E-state index contributed by atoms with van der Waals surface area (Å²) in [4.78, 5) is 0. The highest BCUT2D eigenvalue weighted by atomic mass is 14.9. The van der Waals surface area contributed by atoms with Crippen molar-refractivity contribution < 1.29 is 0 Å². The van der Waals surface area contributed by atoms with E-state index in [9.17, 15) is 0 Å². The fourth-order valence-corrected chi connectivity index (χ4v) is 1.29. The lowest BCUT2D eigenvalue weighted by atomic mass is 9.95. The van der Waals surface area contributed by atoms with Gasteiger partial charge in [0.1, 0.15) is 0 Å². The van der Waals surface area contributed by atoms with E-state index in [-0.39, 0.29) is 0 Å². The van der Waals surface area contributed by atoms with E-state index in [0.29, 0.717) is 0 Å². The first-order valence-electron chi connectivity index (χ1n) is 3.91. The lowest BCUT2D eigenvalue weighted by Gasteiger charge is -2.22. The van der Waals surface area contributed by atoms with Crippen molar-refractivity contribution in [3.63, 3.8) is 0 Å². The summed E-state index contributed by atoms with van der Waals surface area (Å²) >= 11 is 0. The summed E-state index contributed by atoms with van der Waals surface area (Å²) < 4.78 is 0. The summed E-state index contributed by atoms with van der Waals surface area (Å²) in [7, 11) is 1.95. The van der Waals surface area contributed by atoms with Crippen molar-refractivity contribution in [1.29, 1.82) is 0 Å². The van der Waals surface area contributed by atoms with E-state index in [1.165, 1.54) is 18.5 Å². The van der Waals surface area contributed by atoms with Crippen molar-refractivity contribution >= 4 is 0 Å². The summed E-state index contributed by atoms with van der Waals surface area (Å²) in [6.07, 6.45) is 3.38. The molecule has 0 aromatic carbocycles. The van der Waals surface area contributed by atoms with Crippen LogP contribution in [0.3, 0.4) is 0 Å². The molecule has 0 aromatic rings. The van der Waals surface area contributed by atoms with Crippen molar-refractivity contribution in [2.24, 2.45) is 5.92 Å². The Balaban J connectivity index is 2.47. The highest BCUT2D eigenvalue weighted by Gasteiger charge is 2.12. The van der Waals surface area contributed by atoms with E-state index in [1.54, 1.807) is 0 Å². The zero-order valence-corrected chi connectivity index (χ0v) is 6.78. The maximum absolute atomic E-state index is 3.34. The second-order valence-electron chi connectivity index (χ2n) is 2.87. The Hall–Kier alpha value is -0.500. The van der Waals surface area contributed by atoms with E-state index in [1.807, 2.05) is 7.05 Å². The van der Waals surface area contributed by atoms with Gasteiger partial charge in [-0.05, 0) is 30.7 Å². The number of nitrogens with one attached hydrogen (secondary N) is 2. The van der Waals surface area contributed by atoms with Crippen LogP contribution >= 0.6 is 0 Å². The molecule has 2 nitrogen and oxygen atoms in total. The van der Waals surface area contributed by atoms with Gasteiger partial charge in [-0.25, -0.2) is 0 Å². The highest BCUT2D eigenvalue weighted by Crippen LogP contribution is 2.15. The molecule has 1 heterocycles. The summed E-state index contributed by atoms with van der Waals surface area (Å²) in [5.74, 6) is 0.758. The molecule has 1 unspecified atom stereocenters. The summed E-state index contributed by atoms with van der Waals surface area (Å²) in [5.41, 5.74) is 1.49. The van der Waals surface area contributed by atoms with Gasteiger partial charge < -0.3 is 10.6 Å². The minimum absolute atomic E-state index is 0.758. The maximum atomic E-state index is 3.34. The molecule has 1 fully saturated rings. The first-order valence-corrected chi connectivity index (χ1v) is 3.91. The minimum Gasteiger partial charge on any atom is -0.394 e. The van der Waals surface area contributed by atoms with Gasteiger partial charge in [0.15, 0.2) is 0 Å². The normalized spacial score (nSPS) is 30.6. The molecular weight excluding hydrogens is 124 g/mol. The topological polar surface area (TPSA) is 24.1 Å². The van der Waals surface area contributed by atoms with E-state index in [2.05, 4.69) is 23.8 Å². The van der Waals surface area contributed by atoms with Crippen LogP contribution in [0.4, 0.5) is 0 Å². The third-order valence-corrected chi connectivity index (χ3v) is 2.05. The van der Waals surface area contributed by atoms with Crippen LogP contribution in [0.2, 0.25) is 0 Å². The Morgan fingerprint density at radius 1 is 1.70 bits per heavy atom. The van der Waals surface area contributed by atoms with Crippen molar-refractivity contribution in [2.75, 3.05) is 20.1 Å². The zero-order valence-electron chi connectivity index (χ0n) is 6.78. The van der Waals surface area contributed by atoms with Gasteiger partial charge in [0, 0.05) is 13.6 Å². The fourth-order valence-electron chi connectivity index (χ4n) is 1.29. The Kier molecular flexibility index (Phi) is 2.75. The van der Waals surface area contributed by atoms with E-state index >= 15 is 0 Å². The lowest BCUT2D eigenvalue weighted by Crippen LogP contribution is -2.29. The predicted molar refractivity (Wildman–Crippen MR) is 43.8 cm³/mol.